The first-order valence-electron chi connectivity index (χ1n) is 11.1. The smallest absolute Gasteiger partial charge is 0.466 e. The largest absolute Gasteiger partial charge is 0.476 e. The zero-order valence-corrected chi connectivity index (χ0v) is 19.5. The number of amides is 3. The zero-order chi connectivity index (χ0) is 25.0. The molecule has 184 valence electrons. The summed E-state index contributed by atoms with van der Waals surface area (Å²) in [6.45, 7) is 2.03. The molecular weight excluding hydrogens is 467 g/mol. The normalized spacial score (nSPS) is 18.8. The van der Waals surface area contributed by atoms with E-state index in [9.17, 15) is 29.2 Å². The Labute approximate surface area is 202 Å². The van der Waals surface area contributed by atoms with Crippen molar-refractivity contribution < 1.29 is 34.0 Å². The molecule has 0 radical (unpaired) electrons. The van der Waals surface area contributed by atoms with Gasteiger partial charge in [0.15, 0.2) is 0 Å². The minimum Gasteiger partial charge on any atom is -0.466 e. The molecule has 6 N–H and O–H groups in total. The Bertz CT molecular complexity index is 959. The predicted octanol–water partition coefficient (Wildman–Crippen LogP) is -0.518. The fourth-order valence-electron chi connectivity index (χ4n) is 3.72. The number of halogens is 1. The molecule has 3 unspecified atom stereocenters. The molecule has 1 aliphatic carbocycles. The van der Waals surface area contributed by atoms with Crippen molar-refractivity contribution in [1.29, 1.82) is 0 Å². The van der Waals surface area contributed by atoms with E-state index >= 15 is 0 Å². The third-order valence-electron chi connectivity index (χ3n) is 5.89. The fraction of sp³-hybridized carbons (Fsp3) is 0.524. The van der Waals surface area contributed by atoms with Crippen LogP contribution in [0.2, 0.25) is 5.02 Å². The standard InChI is InChI=1S/C21H28BClN4O7/c1-2-34-17(28)10-16(22(32)33)25-20(30)15-7-8-27(15)21(31)18(11-3-4-11)26-19(29)12-5-6-14(24)13(23)9-12/h5-6,9,11,15-16,18,32-33H,2-4,7-8,10,24H2,1H3,(H,25,30)(H,26,29). The van der Waals surface area contributed by atoms with Gasteiger partial charge in [-0.15, -0.1) is 0 Å². The lowest BCUT2D eigenvalue weighted by Crippen LogP contribution is -2.64. The maximum Gasteiger partial charge on any atom is 0.476 e. The third-order valence-corrected chi connectivity index (χ3v) is 6.22. The summed E-state index contributed by atoms with van der Waals surface area (Å²) in [4.78, 5) is 51.7. The number of rotatable bonds is 10. The number of hydrogen-bond donors (Lipinski definition) is 5. The Morgan fingerprint density at radius 2 is 1.94 bits per heavy atom. The van der Waals surface area contributed by atoms with Gasteiger partial charge >= 0.3 is 13.1 Å². The summed E-state index contributed by atoms with van der Waals surface area (Å²) in [5, 5.41) is 24.4. The molecule has 3 amide bonds. The number of nitrogens with one attached hydrogen (secondary N) is 2. The predicted molar refractivity (Wildman–Crippen MR) is 123 cm³/mol. The van der Waals surface area contributed by atoms with Gasteiger partial charge < -0.3 is 36.1 Å². The van der Waals surface area contributed by atoms with E-state index in [-0.39, 0.29) is 23.1 Å². The lowest BCUT2D eigenvalue weighted by atomic mass is 9.77. The Balaban J connectivity index is 1.64. The van der Waals surface area contributed by atoms with Gasteiger partial charge in [0.2, 0.25) is 11.8 Å². The quantitative estimate of drug-likeness (QED) is 0.164. The van der Waals surface area contributed by atoms with E-state index in [0.717, 1.165) is 12.8 Å². The number of likely N-dealkylation sites (tertiary alicyclic amines) is 1. The van der Waals surface area contributed by atoms with Gasteiger partial charge in [0.1, 0.15) is 12.1 Å². The summed E-state index contributed by atoms with van der Waals surface area (Å²) in [5.74, 6) is -3.50. The minimum absolute atomic E-state index is 0.0409. The molecule has 1 saturated carbocycles. The van der Waals surface area contributed by atoms with Crippen LogP contribution < -0.4 is 16.4 Å². The van der Waals surface area contributed by atoms with Crippen LogP contribution in [0.1, 0.15) is 43.0 Å². The molecule has 3 rings (SSSR count). The summed E-state index contributed by atoms with van der Waals surface area (Å²) in [6.07, 6.45) is 1.47. The van der Waals surface area contributed by atoms with Gasteiger partial charge in [-0.3, -0.25) is 19.2 Å². The second-order valence-electron chi connectivity index (χ2n) is 8.40. The van der Waals surface area contributed by atoms with Gasteiger partial charge in [-0.05, 0) is 50.3 Å². The number of benzene rings is 1. The number of nitrogens with zero attached hydrogens (tertiary/aromatic N) is 1. The number of ether oxygens (including phenoxy) is 1. The van der Waals surface area contributed by atoms with Crippen LogP contribution in [0.4, 0.5) is 5.69 Å². The van der Waals surface area contributed by atoms with E-state index in [1.165, 1.54) is 23.1 Å². The molecule has 1 aliphatic heterocycles. The molecule has 1 saturated heterocycles. The summed E-state index contributed by atoms with van der Waals surface area (Å²) >= 11 is 5.99. The van der Waals surface area contributed by atoms with Crippen LogP contribution in [0, 0.1) is 5.92 Å². The molecular formula is C21H28BClN4O7. The summed E-state index contributed by atoms with van der Waals surface area (Å²) < 4.78 is 4.78. The topological polar surface area (TPSA) is 171 Å². The molecule has 3 atom stereocenters. The first-order chi connectivity index (χ1) is 16.1. The van der Waals surface area contributed by atoms with Crippen molar-refractivity contribution in [2.45, 2.75) is 50.6 Å². The van der Waals surface area contributed by atoms with Crippen LogP contribution >= 0.6 is 11.6 Å². The molecule has 0 bridgehead atoms. The van der Waals surface area contributed by atoms with Crippen LogP contribution in [0.3, 0.4) is 0 Å². The number of nitrogens with two attached hydrogens (primary N) is 1. The van der Waals surface area contributed by atoms with Gasteiger partial charge in [-0.25, -0.2) is 0 Å². The highest BCUT2D eigenvalue weighted by atomic mass is 35.5. The third kappa shape index (κ3) is 6.19. The molecule has 2 aliphatic rings. The monoisotopic (exact) mass is 494 g/mol. The Hall–Kier alpha value is -2.83. The number of hydrogen-bond acceptors (Lipinski definition) is 8. The number of anilines is 1. The maximum absolute atomic E-state index is 13.2. The van der Waals surface area contributed by atoms with Crippen molar-refractivity contribution in [3.8, 4) is 0 Å². The molecule has 2 fully saturated rings. The molecule has 11 nitrogen and oxygen atoms in total. The zero-order valence-electron chi connectivity index (χ0n) is 18.7. The van der Waals surface area contributed by atoms with E-state index in [0.29, 0.717) is 18.7 Å². The van der Waals surface area contributed by atoms with Crippen LogP contribution in [-0.4, -0.2) is 76.9 Å². The van der Waals surface area contributed by atoms with Crippen LogP contribution in [-0.2, 0) is 19.1 Å². The summed E-state index contributed by atoms with van der Waals surface area (Å²) in [5.41, 5.74) is 6.27. The molecule has 0 spiro atoms. The van der Waals surface area contributed by atoms with Crippen molar-refractivity contribution in [2.75, 3.05) is 18.9 Å². The van der Waals surface area contributed by atoms with Crippen LogP contribution in [0.15, 0.2) is 18.2 Å². The van der Waals surface area contributed by atoms with Crippen LogP contribution in [0.25, 0.3) is 0 Å². The fourth-order valence-corrected chi connectivity index (χ4v) is 3.90. The molecule has 13 heteroatoms. The van der Waals surface area contributed by atoms with Crippen molar-refractivity contribution in [1.82, 2.24) is 15.5 Å². The Morgan fingerprint density at radius 1 is 1.24 bits per heavy atom. The van der Waals surface area contributed by atoms with Gasteiger partial charge in [-0.1, -0.05) is 11.6 Å². The van der Waals surface area contributed by atoms with Crippen molar-refractivity contribution in [3.63, 3.8) is 0 Å². The number of carbonyl (C=O) groups excluding carboxylic acids is 4. The van der Waals surface area contributed by atoms with Gasteiger partial charge in [0.25, 0.3) is 5.91 Å². The summed E-state index contributed by atoms with van der Waals surface area (Å²) in [7, 11) is -1.98. The molecule has 1 aromatic rings. The molecule has 1 aromatic carbocycles. The van der Waals surface area contributed by atoms with Gasteiger partial charge in [0, 0.05) is 12.1 Å². The maximum atomic E-state index is 13.2. The van der Waals surface area contributed by atoms with Crippen molar-refractivity contribution in [2.24, 2.45) is 5.92 Å². The van der Waals surface area contributed by atoms with Crippen molar-refractivity contribution in [3.05, 3.63) is 28.8 Å². The lowest BCUT2D eigenvalue weighted by Gasteiger charge is -2.42. The number of carbonyl (C=O) groups is 4. The number of esters is 1. The van der Waals surface area contributed by atoms with E-state index in [4.69, 9.17) is 22.1 Å². The Kier molecular flexibility index (Phi) is 8.40. The van der Waals surface area contributed by atoms with Crippen molar-refractivity contribution >= 4 is 48.1 Å². The summed E-state index contributed by atoms with van der Waals surface area (Å²) in [6, 6.07) is 2.78. The van der Waals surface area contributed by atoms with E-state index < -0.39 is 55.3 Å². The second-order valence-corrected chi connectivity index (χ2v) is 8.81. The number of nitrogen functional groups attached to an aromatic ring is 1. The highest BCUT2D eigenvalue weighted by Crippen LogP contribution is 2.35. The van der Waals surface area contributed by atoms with E-state index in [1.54, 1.807) is 6.92 Å². The first-order valence-corrected chi connectivity index (χ1v) is 11.5. The van der Waals surface area contributed by atoms with Gasteiger partial charge in [0.05, 0.1) is 29.7 Å². The molecule has 34 heavy (non-hydrogen) atoms. The average molecular weight is 495 g/mol. The second kappa shape index (κ2) is 11.1. The van der Waals surface area contributed by atoms with Gasteiger partial charge in [-0.2, -0.15) is 0 Å². The lowest BCUT2D eigenvalue weighted by molar-refractivity contribution is -0.150. The average Bonchev–Trinajstić information content (AvgIpc) is 3.57. The first kappa shape index (κ1) is 25.8. The molecule has 1 heterocycles. The SMILES string of the molecule is CCOC(=O)CC(NC(=O)C1CCN1C(=O)C(NC(=O)c1ccc(N)c(Cl)c1)C1CC1)B(O)O. The molecule has 0 aromatic heterocycles. The van der Waals surface area contributed by atoms with E-state index in [2.05, 4.69) is 10.6 Å². The highest BCUT2D eigenvalue weighted by molar-refractivity contribution is 6.44. The van der Waals surface area contributed by atoms with E-state index in [1.807, 2.05) is 0 Å². The Morgan fingerprint density at radius 3 is 2.47 bits per heavy atom. The minimum atomic E-state index is -1.98. The highest BCUT2D eigenvalue weighted by Gasteiger charge is 2.46. The van der Waals surface area contributed by atoms with Crippen LogP contribution in [0.5, 0.6) is 0 Å².